The molecule has 0 radical (unpaired) electrons. The van der Waals surface area contributed by atoms with Crippen molar-refractivity contribution in [3.63, 3.8) is 0 Å². The molecule has 1 atom stereocenters. The molecule has 0 aliphatic carbocycles. The van der Waals surface area contributed by atoms with Crippen LogP contribution in [0.25, 0.3) is 0 Å². The summed E-state index contributed by atoms with van der Waals surface area (Å²) in [7, 11) is 1.87. The fourth-order valence-electron chi connectivity index (χ4n) is 3.02. The van der Waals surface area contributed by atoms with Gasteiger partial charge in [0.2, 0.25) is 0 Å². The predicted octanol–water partition coefficient (Wildman–Crippen LogP) is 3.50. The lowest BCUT2D eigenvalue weighted by molar-refractivity contribution is 0.433. The maximum absolute atomic E-state index is 9.18. The molecule has 1 N–H and O–H groups in total. The zero-order valence-electron chi connectivity index (χ0n) is 13.4. The third-order valence-corrected chi connectivity index (χ3v) is 4.61. The zero-order valence-corrected chi connectivity index (χ0v) is 13.4. The third kappa shape index (κ3) is 4.22. The van der Waals surface area contributed by atoms with E-state index in [9.17, 15) is 5.26 Å². The van der Waals surface area contributed by atoms with E-state index >= 15 is 0 Å². The Bertz CT molecular complexity index is 491. The molecule has 0 spiro atoms. The minimum absolute atomic E-state index is 0.378. The van der Waals surface area contributed by atoms with Crippen molar-refractivity contribution < 1.29 is 0 Å². The van der Waals surface area contributed by atoms with E-state index in [0.717, 1.165) is 25.8 Å². The van der Waals surface area contributed by atoms with Crippen LogP contribution in [0.1, 0.15) is 44.6 Å². The highest BCUT2D eigenvalue weighted by Crippen LogP contribution is 2.26. The summed E-state index contributed by atoms with van der Waals surface area (Å²) in [6.07, 6.45) is 6.92. The highest BCUT2D eigenvalue weighted by Gasteiger charge is 2.20. The van der Waals surface area contributed by atoms with E-state index < -0.39 is 0 Å². The quantitative estimate of drug-likeness (QED) is 0.813. The number of aryl methyl sites for hydroxylation is 1. The van der Waals surface area contributed by atoms with Gasteiger partial charge >= 0.3 is 0 Å². The summed E-state index contributed by atoms with van der Waals surface area (Å²) in [5, 5.41) is 12.3. The minimum Gasteiger partial charge on any atom is -0.371 e. The van der Waals surface area contributed by atoms with Crippen LogP contribution in [0.4, 0.5) is 5.69 Å². The first kappa shape index (κ1) is 15.9. The zero-order chi connectivity index (χ0) is 15.1. The fraction of sp³-hybridized carbons (Fsp3) is 0.611. The Morgan fingerprint density at radius 3 is 2.86 bits per heavy atom. The molecule has 0 saturated carbocycles. The number of nitrogens with zero attached hydrogens (tertiary/aromatic N) is 2. The molecule has 1 heterocycles. The van der Waals surface area contributed by atoms with E-state index in [1.807, 2.05) is 14.0 Å². The summed E-state index contributed by atoms with van der Waals surface area (Å²) >= 11 is 0. The number of hydrogen-bond acceptors (Lipinski definition) is 3. The van der Waals surface area contributed by atoms with E-state index in [0.29, 0.717) is 0 Å². The molecule has 1 aromatic rings. The average molecular weight is 285 g/mol. The van der Waals surface area contributed by atoms with Crippen molar-refractivity contribution in [1.82, 2.24) is 5.32 Å². The average Bonchev–Trinajstić information content (AvgIpc) is 2.74. The summed E-state index contributed by atoms with van der Waals surface area (Å²) in [4.78, 5) is 2.53. The monoisotopic (exact) mass is 285 g/mol. The lowest BCUT2D eigenvalue weighted by Crippen LogP contribution is -2.38. The number of anilines is 1. The van der Waals surface area contributed by atoms with Crippen LogP contribution >= 0.6 is 0 Å². The predicted molar refractivity (Wildman–Crippen MR) is 88.5 cm³/mol. The summed E-state index contributed by atoms with van der Waals surface area (Å²) in [5.41, 5.74) is 2.54. The first-order chi connectivity index (χ1) is 10.2. The van der Waals surface area contributed by atoms with E-state index in [4.69, 9.17) is 0 Å². The van der Waals surface area contributed by atoms with Crippen LogP contribution in [-0.2, 0) is 6.42 Å². The molecule has 2 rings (SSSR count). The Morgan fingerprint density at radius 1 is 1.29 bits per heavy atom. The number of nitrogens with one attached hydrogen (secondary N) is 1. The second kappa shape index (κ2) is 7.47. The van der Waals surface area contributed by atoms with Gasteiger partial charge in [-0.2, -0.15) is 5.26 Å². The largest absolute Gasteiger partial charge is 0.371 e. The molecule has 3 heteroatoms. The van der Waals surface area contributed by atoms with Gasteiger partial charge in [0.25, 0.3) is 0 Å². The van der Waals surface area contributed by atoms with Gasteiger partial charge in [-0.05, 0) is 64.1 Å². The van der Waals surface area contributed by atoms with Gasteiger partial charge in [0, 0.05) is 18.8 Å². The molecule has 114 valence electrons. The lowest BCUT2D eigenvalue weighted by Gasteiger charge is -2.26. The van der Waals surface area contributed by atoms with Gasteiger partial charge < -0.3 is 10.2 Å². The SMILES string of the molecule is CNC(C)(C#N)CCCCN1CCCCc2ccccc21. The first-order valence-corrected chi connectivity index (χ1v) is 8.11. The van der Waals surface area contributed by atoms with Crippen LogP contribution in [-0.4, -0.2) is 25.7 Å². The number of unbranched alkanes of at least 4 members (excludes halogenated alkanes) is 1. The van der Waals surface area contributed by atoms with Crippen molar-refractivity contribution in [2.45, 2.75) is 51.0 Å². The molecule has 1 unspecified atom stereocenters. The molecule has 0 saturated heterocycles. The van der Waals surface area contributed by atoms with Crippen LogP contribution in [0, 0.1) is 11.3 Å². The van der Waals surface area contributed by atoms with Gasteiger partial charge in [-0.1, -0.05) is 18.2 Å². The summed E-state index contributed by atoms with van der Waals surface area (Å²) < 4.78 is 0. The Hall–Kier alpha value is -1.53. The van der Waals surface area contributed by atoms with Crippen molar-refractivity contribution in [3.05, 3.63) is 29.8 Å². The van der Waals surface area contributed by atoms with Gasteiger partial charge in [-0.25, -0.2) is 0 Å². The van der Waals surface area contributed by atoms with Crippen molar-refractivity contribution in [2.75, 3.05) is 25.0 Å². The maximum atomic E-state index is 9.18. The molecule has 1 aliphatic heterocycles. The van der Waals surface area contributed by atoms with E-state index in [2.05, 4.69) is 40.6 Å². The highest BCUT2D eigenvalue weighted by atomic mass is 15.1. The van der Waals surface area contributed by atoms with E-state index in [-0.39, 0.29) is 5.54 Å². The van der Waals surface area contributed by atoms with Gasteiger partial charge in [-0.3, -0.25) is 0 Å². The third-order valence-electron chi connectivity index (χ3n) is 4.61. The number of fused-ring (bicyclic) bond motifs is 1. The van der Waals surface area contributed by atoms with Crippen LogP contribution in [0.5, 0.6) is 0 Å². The molecule has 0 aromatic heterocycles. The van der Waals surface area contributed by atoms with Crippen molar-refractivity contribution >= 4 is 5.69 Å². The normalized spacial score (nSPS) is 17.5. The number of rotatable bonds is 6. The van der Waals surface area contributed by atoms with Crippen LogP contribution in [0.2, 0.25) is 0 Å². The Morgan fingerprint density at radius 2 is 2.10 bits per heavy atom. The molecule has 0 fully saturated rings. The van der Waals surface area contributed by atoms with Gasteiger partial charge in [0.1, 0.15) is 5.54 Å². The Kier molecular flexibility index (Phi) is 5.64. The van der Waals surface area contributed by atoms with Crippen LogP contribution in [0.3, 0.4) is 0 Å². The molecule has 0 amide bonds. The van der Waals surface area contributed by atoms with Crippen LogP contribution in [0.15, 0.2) is 24.3 Å². The topological polar surface area (TPSA) is 39.1 Å². The second-order valence-electron chi connectivity index (χ2n) is 6.22. The molecule has 3 nitrogen and oxygen atoms in total. The smallest absolute Gasteiger partial charge is 0.103 e. The maximum Gasteiger partial charge on any atom is 0.103 e. The van der Waals surface area contributed by atoms with Crippen molar-refractivity contribution in [2.24, 2.45) is 0 Å². The standard InChI is InChI=1S/C18H27N3/c1-18(15-19,20-2)12-6-8-14-21-13-7-5-10-16-9-3-4-11-17(16)21/h3-4,9,11,20H,5-8,10,12-14H2,1-2H3. The van der Waals surface area contributed by atoms with E-state index in [1.165, 1.54) is 37.1 Å². The summed E-state index contributed by atoms with van der Waals surface area (Å²) in [5.74, 6) is 0. The lowest BCUT2D eigenvalue weighted by atomic mass is 9.97. The second-order valence-corrected chi connectivity index (χ2v) is 6.22. The van der Waals surface area contributed by atoms with Crippen molar-refractivity contribution in [3.8, 4) is 6.07 Å². The van der Waals surface area contributed by atoms with Gasteiger partial charge in [-0.15, -0.1) is 0 Å². The number of para-hydroxylation sites is 1. The molecular weight excluding hydrogens is 258 g/mol. The van der Waals surface area contributed by atoms with Crippen LogP contribution < -0.4 is 10.2 Å². The minimum atomic E-state index is -0.378. The Balaban J connectivity index is 1.88. The van der Waals surface area contributed by atoms with Gasteiger partial charge in [0.05, 0.1) is 6.07 Å². The van der Waals surface area contributed by atoms with Crippen molar-refractivity contribution in [1.29, 1.82) is 5.26 Å². The van der Waals surface area contributed by atoms with E-state index in [1.54, 1.807) is 0 Å². The first-order valence-electron chi connectivity index (χ1n) is 8.11. The summed E-state index contributed by atoms with van der Waals surface area (Å²) in [6, 6.07) is 11.2. The fourth-order valence-corrected chi connectivity index (χ4v) is 3.02. The molecule has 0 bridgehead atoms. The molecule has 21 heavy (non-hydrogen) atoms. The highest BCUT2D eigenvalue weighted by molar-refractivity contribution is 5.54. The van der Waals surface area contributed by atoms with Gasteiger partial charge in [0.15, 0.2) is 0 Å². The molecule has 1 aliphatic rings. The molecular formula is C18H27N3. The number of nitriles is 1. The Labute approximate surface area is 129 Å². The summed E-state index contributed by atoms with van der Waals surface area (Å²) in [6.45, 7) is 4.25. The molecule has 1 aromatic carbocycles. The number of benzene rings is 1. The number of hydrogen-bond donors (Lipinski definition) is 1.